The van der Waals surface area contributed by atoms with Crippen LogP contribution in [0, 0.1) is 5.82 Å². The molecular weight excluding hydrogens is 233 g/mol. The minimum Gasteiger partial charge on any atom is -0.497 e. The molecule has 1 saturated carbocycles. The quantitative estimate of drug-likeness (QED) is 0.893. The van der Waals surface area contributed by atoms with Crippen LogP contribution in [0.2, 0.25) is 0 Å². The molecule has 1 aliphatic rings. The van der Waals surface area contributed by atoms with Crippen molar-refractivity contribution in [1.29, 1.82) is 0 Å². The number of benzene rings is 1. The highest BCUT2D eigenvalue weighted by Gasteiger charge is 2.22. The predicted octanol–water partition coefficient (Wildman–Crippen LogP) is 3.20. The van der Waals surface area contributed by atoms with E-state index in [0.717, 1.165) is 25.7 Å². The van der Waals surface area contributed by atoms with Crippen LogP contribution in [0.1, 0.15) is 25.7 Å². The summed E-state index contributed by atoms with van der Waals surface area (Å²) in [4.78, 5) is 0. The van der Waals surface area contributed by atoms with Gasteiger partial charge in [-0.05, 0) is 37.8 Å². The van der Waals surface area contributed by atoms with E-state index < -0.39 is 0 Å². The maximum atomic E-state index is 13.7. The summed E-state index contributed by atoms with van der Waals surface area (Å²) in [5.74, 6) is 0.424. The van der Waals surface area contributed by atoms with Crippen LogP contribution in [0.5, 0.6) is 5.75 Å². The zero-order valence-electron chi connectivity index (χ0n) is 10.9. The van der Waals surface area contributed by atoms with Crippen molar-refractivity contribution in [1.82, 2.24) is 0 Å². The Morgan fingerprint density at radius 1 is 1.28 bits per heavy atom. The van der Waals surface area contributed by atoms with Gasteiger partial charge in [0.15, 0.2) is 0 Å². The number of methoxy groups -OCH3 is 2. The zero-order valence-corrected chi connectivity index (χ0v) is 10.9. The lowest BCUT2D eigenvalue weighted by atomic mass is 9.92. The van der Waals surface area contributed by atoms with Crippen LogP contribution in [0.4, 0.5) is 10.1 Å². The fraction of sp³-hybridized carbons (Fsp3) is 0.571. The number of rotatable bonds is 4. The van der Waals surface area contributed by atoms with E-state index in [1.165, 1.54) is 6.07 Å². The van der Waals surface area contributed by atoms with Gasteiger partial charge >= 0.3 is 0 Å². The Morgan fingerprint density at radius 3 is 2.83 bits per heavy atom. The van der Waals surface area contributed by atoms with Gasteiger partial charge < -0.3 is 14.8 Å². The Morgan fingerprint density at radius 2 is 2.11 bits per heavy atom. The van der Waals surface area contributed by atoms with Crippen LogP contribution in [-0.4, -0.2) is 26.4 Å². The van der Waals surface area contributed by atoms with E-state index >= 15 is 0 Å². The van der Waals surface area contributed by atoms with Gasteiger partial charge in [0, 0.05) is 19.2 Å². The lowest BCUT2D eigenvalue weighted by Gasteiger charge is -2.29. The third-order valence-corrected chi connectivity index (χ3v) is 3.49. The van der Waals surface area contributed by atoms with E-state index in [1.807, 2.05) is 0 Å². The van der Waals surface area contributed by atoms with Crippen LogP contribution in [0.15, 0.2) is 18.2 Å². The van der Waals surface area contributed by atoms with Crippen molar-refractivity contribution in [3.63, 3.8) is 0 Å². The number of anilines is 1. The van der Waals surface area contributed by atoms with Gasteiger partial charge in [-0.25, -0.2) is 4.39 Å². The first-order valence-corrected chi connectivity index (χ1v) is 6.36. The van der Waals surface area contributed by atoms with Crippen LogP contribution < -0.4 is 10.1 Å². The summed E-state index contributed by atoms with van der Waals surface area (Å²) in [6.07, 6.45) is 4.46. The molecule has 1 aromatic carbocycles. The van der Waals surface area contributed by atoms with Gasteiger partial charge in [0.1, 0.15) is 11.6 Å². The summed E-state index contributed by atoms with van der Waals surface area (Å²) < 4.78 is 24.2. The third-order valence-electron chi connectivity index (χ3n) is 3.49. The molecule has 1 fully saturated rings. The third kappa shape index (κ3) is 3.13. The van der Waals surface area contributed by atoms with Crippen LogP contribution in [0.25, 0.3) is 0 Å². The molecule has 1 aliphatic carbocycles. The van der Waals surface area contributed by atoms with Gasteiger partial charge in [-0.15, -0.1) is 0 Å². The normalized spacial score (nSPS) is 23.7. The topological polar surface area (TPSA) is 30.5 Å². The molecule has 2 unspecified atom stereocenters. The van der Waals surface area contributed by atoms with Crippen molar-refractivity contribution in [3.8, 4) is 5.75 Å². The second-order valence-corrected chi connectivity index (χ2v) is 4.71. The molecule has 0 aromatic heterocycles. The predicted molar refractivity (Wildman–Crippen MR) is 69.6 cm³/mol. The first-order valence-electron chi connectivity index (χ1n) is 6.36. The molecular formula is C14H20FNO2. The average Bonchev–Trinajstić information content (AvgIpc) is 2.41. The van der Waals surface area contributed by atoms with Gasteiger partial charge in [-0.3, -0.25) is 0 Å². The number of ether oxygens (including phenoxy) is 2. The smallest absolute Gasteiger partial charge is 0.146 e. The van der Waals surface area contributed by atoms with Crippen LogP contribution in [-0.2, 0) is 4.74 Å². The van der Waals surface area contributed by atoms with Crippen molar-refractivity contribution in [2.75, 3.05) is 19.5 Å². The lowest BCUT2D eigenvalue weighted by Crippen LogP contribution is -2.31. The standard InChI is InChI=1S/C14H20FNO2/c1-17-11-5-3-4-10(8-11)16-14-9-12(18-2)6-7-13(14)15/h6-7,9-11,16H,3-5,8H2,1-2H3. The summed E-state index contributed by atoms with van der Waals surface area (Å²) in [6, 6.07) is 5.02. The molecule has 0 spiro atoms. The first-order chi connectivity index (χ1) is 8.72. The fourth-order valence-electron chi connectivity index (χ4n) is 2.45. The van der Waals surface area contributed by atoms with Gasteiger partial charge in [0.25, 0.3) is 0 Å². The number of nitrogens with one attached hydrogen (secondary N) is 1. The highest BCUT2D eigenvalue weighted by molar-refractivity contribution is 5.50. The lowest BCUT2D eigenvalue weighted by molar-refractivity contribution is 0.0669. The van der Waals surface area contributed by atoms with E-state index in [0.29, 0.717) is 11.4 Å². The summed E-state index contributed by atoms with van der Waals surface area (Å²) in [7, 11) is 3.32. The maximum absolute atomic E-state index is 13.7. The molecule has 0 saturated heterocycles. The minimum atomic E-state index is -0.240. The Balaban J connectivity index is 2.04. The van der Waals surface area contributed by atoms with E-state index in [-0.39, 0.29) is 18.0 Å². The van der Waals surface area contributed by atoms with E-state index in [1.54, 1.807) is 26.4 Å². The second kappa shape index (κ2) is 6.05. The summed E-state index contributed by atoms with van der Waals surface area (Å²) in [5.41, 5.74) is 0.510. The van der Waals surface area contributed by atoms with Crippen LogP contribution in [0.3, 0.4) is 0 Å². The fourth-order valence-corrected chi connectivity index (χ4v) is 2.45. The van der Waals surface area contributed by atoms with E-state index in [9.17, 15) is 4.39 Å². The molecule has 0 heterocycles. The molecule has 18 heavy (non-hydrogen) atoms. The molecule has 0 radical (unpaired) electrons. The van der Waals surface area contributed by atoms with Crippen molar-refractivity contribution in [2.45, 2.75) is 37.8 Å². The van der Waals surface area contributed by atoms with Gasteiger partial charge in [0.2, 0.25) is 0 Å². The summed E-state index contributed by atoms with van der Waals surface area (Å²) in [5, 5.41) is 3.25. The number of halogens is 1. The molecule has 3 nitrogen and oxygen atoms in total. The average molecular weight is 253 g/mol. The molecule has 4 heteroatoms. The maximum Gasteiger partial charge on any atom is 0.146 e. The largest absolute Gasteiger partial charge is 0.497 e. The Hall–Kier alpha value is -1.29. The van der Waals surface area contributed by atoms with Gasteiger partial charge in [-0.1, -0.05) is 0 Å². The Bertz CT molecular complexity index is 397. The number of hydrogen-bond acceptors (Lipinski definition) is 3. The minimum absolute atomic E-state index is 0.240. The highest BCUT2D eigenvalue weighted by Crippen LogP contribution is 2.27. The van der Waals surface area contributed by atoms with E-state index in [4.69, 9.17) is 9.47 Å². The molecule has 2 atom stereocenters. The molecule has 1 N–H and O–H groups in total. The van der Waals surface area contributed by atoms with Crippen LogP contribution >= 0.6 is 0 Å². The summed E-state index contributed by atoms with van der Waals surface area (Å²) in [6.45, 7) is 0. The highest BCUT2D eigenvalue weighted by atomic mass is 19.1. The molecule has 0 bridgehead atoms. The number of hydrogen-bond donors (Lipinski definition) is 1. The molecule has 2 rings (SSSR count). The van der Waals surface area contributed by atoms with Gasteiger partial charge in [0.05, 0.1) is 18.9 Å². The zero-order chi connectivity index (χ0) is 13.0. The molecule has 0 amide bonds. The Labute approximate surface area is 107 Å². The van der Waals surface area contributed by atoms with Crippen molar-refractivity contribution in [2.24, 2.45) is 0 Å². The SMILES string of the molecule is COc1ccc(F)c(NC2CCCC(OC)C2)c1. The van der Waals surface area contributed by atoms with E-state index in [2.05, 4.69) is 5.32 Å². The van der Waals surface area contributed by atoms with Crippen molar-refractivity contribution in [3.05, 3.63) is 24.0 Å². The Kier molecular flexibility index (Phi) is 4.42. The molecule has 100 valence electrons. The van der Waals surface area contributed by atoms with Crippen molar-refractivity contribution >= 4 is 5.69 Å². The summed E-state index contributed by atoms with van der Waals surface area (Å²) >= 11 is 0. The molecule has 0 aliphatic heterocycles. The monoisotopic (exact) mass is 253 g/mol. The first kappa shape index (κ1) is 13.1. The molecule has 1 aromatic rings. The van der Waals surface area contributed by atoms with Gasteiger partial charge in [-0.2, -0.15) is 0 Å². The second-order valence-electron chi connectivity index (χ2n) is 4.71. The van der Waals surface area contributed by atoms with Crippen molar-refractivity contribution < 1.29 is 13.9 Å².